The molecule has 1 aliphatic rings. The third kappa shape index (κ3) is 7.82. The Balaban J connectivity index is 2.09. The largest absolute Gasteiger partial charge is 0.480 e. The Kier molecular flexibility index (Phi) is 10.0. The summed E-state index contributed by atoms with van der Waals surface area (Å²) >= 11 is 0. The van der Waals surface area contributed by atoms with Crippen molar-refractivity contribution in [3.63, 3.8) is 0 Å². The summed E-state index contributed by atoms with van der Waals surface area (Å²) in [5.74, 6) is -2.21. The molecule has 0 bridgehead atoms. The molecule has 2 heterocycles. The maximum Gasteiger partial charge on any atom is 0.326 e. The highest BCUT2D eigenvalue weighted by Gasteiger charge is 2.39. The number of carboxylic acids is 1. The van der Waals surface area contributed by atoms with Crippen LogP contribution in [0.4, 0.5) is 0 Å². The summed E-state index contributed by atoms with van der Waals surface area (Å²) in [5.41, 5.74) is 6.74. The van der Waals surface area contributed by atoms with E-state index in [1.165, 1.54) is 11.2 Å². The zero-order valence-corrected chi connectivity index (χ0v) is 20.4. The number of carbonyl (C=O) groups is 4. The number of nitrogens with one attached hydrogen (secondary N) is 3. The third-order valence-electron chi connectivity index (χ3n) is 5.81. The molecule has 0 aliphatic carbocycles. The van der Waals surface area contributed by atoms with Gasteiger partial charge in [-0.3, -0.25) is 14.4 Å². The van der Waals surface area contributed by atoms with Crippen LogP contribution in [0.2, 0.25) is 0 Å². The summed E-state index contributed by atoms with van der Waals surface area (Å²) in [4.78, 5) is 58.9. The zero-order valence-electron chi connectivity index (χ0n) is 20.4. The number of carboxylic acid groups (broad SMARTS) is 1. The molecule has 0 unspecified atom stereocenters. The Morgan fingerprint density at radius 3 is 2.35 bits per heavy atom. The molecule has 1 aliphatic heterocycles. The van der Waals surface area contributed by atoms with Crippen LogP contribution in [-0.4, -0.2) is 74.4 Å². The number of H-pyrrole nitrogens is 1. The summed E-state index contributed by atoms with van der Waals surface area (Å²) in [6.07, 6.45) is 5.07. The Morgan fingerprint density at radius 2 is 1.79 bits per heavy atom. The first-order valence-corrected chi connectivity index (χ1v) is 11.9. The van der Waals surface area contributed by atoms with Crippen molar-refractivity contribution < 1.29 is 24.3 Å². The first-order chi connectivity index (χ1) is 16.0. The molecule has 11 heteroatoms. The van der Waals surface area contributed by atoms with E-state index in [0.717, 1.165) is 0 Å². The Bertz CT molecular complexity index is 841. The van der Waals surface area contributed by atoms with Crippen LogP contribution < -0.4 is 16.4 Å². The third-order valence-corrected chi connectivity index (χ3v) is 5.81. The lowest BCUT2D eigenvalue weighted by molar-refractivity contribution is -0.145. The molecule has 1 aromatic rings. The molecular weight excluding hydrogens is 440 g/mol. The van der Waals surface area contributed by atoms with Gasteiger partial charge in [-0.2, -0.15) is 0 Å². The van der Waals surface area contributed by atoms with Crippen LogP contribution in [0.15, 0.2) is 12.5 Å². The number of hydrogen-bond acceptors (Lipinski definition) is 6. The van der Waals surface area contributed by atoms with Crippen molar-refractivity contribution in [1.29, 1.82) is 0 Å². The predicted molar refractivity (Wildman–Crippen MR) is 125 cm³/mol. The molecule has 11 nitrogen and oxygen atoms in total. The number of aromatic amines is 1. The number of amides is 3. The van der Waals surface area contributed by atoms with E-state index in [9.17, 15) is 24.3 Å². The van der Waals surface area contributed by atoms with E-state index < -0.39 is 42.0 Å². The molecule has 190 valence electrons. The van der Waals surface area contributed by atoms with E-state index in [-0.39, 0.29) is 24.2 Å². The summed E-state index contributed by atoms with van der Waals surface area (Å²) in [6.45, 7) is 8.00. The first-order valence-electron chi connectivity index (χ1n) is 11.9. The normalized spacial score (nSPS) is 18.6. The second-order valence-electron chi connectivity index (χ2n) is 9.80. The molecule has 1 aromatic heterocycles. The summed E-state index contributed by atoms with van der Waals surface area (Å²) in [6, 6.07) is -3.49. The number of carbonyl (C=O) groups excluding carboxylic acids is 3. The second kappa shape index (κ2) is 12.5. The van der Waals surface area contributed by atoms with E-state index in [1.807, 2.05) is 27.7 Å². The molecule has 0 spiro atoms. The maximum atomic E-state index is 13.4. The van der Waals surface area contributed by atoms with Crippen LogP contribution >= 0.6 is 0 Å². The average molecular weight is 479 g/mol. The Morgan fingerprint density at radius 1 is 1.15 bits per heavy atom. The highest BCUT2D eigenvalue weighted by molar-refractivity contribution is 5.94. The molecule has 0 radical (unpaired) electrons. The van der Waals surface area contributed by atoms with Gasteiger partial charge in [-0.1, -0.05) is 27.7 Å². The number of aliphatic carboxylic acids is 1. The second-order valence-corrected chi connectivity index (χ2v) is 9.80. The Hall–Kier alpha value is -2.95. The number of likely N-dealkylation sites (tertiary alicyclic amines) is 1. The minimum absolute atomic E-state index is 0.0827. The van der Waals surface area contributed by atoms with E-state index in [0.29, 0.717) is 37.9 Å². The number of nitrogens with zero attached hydrogens (tertiary/aromatic N) is 2. The van der Waals surface area contributed by atoms with Crippen LogP contribution in [0.1, 0.15) is 59.1 Å². The lowest BCUT2D eigenvalue weighted by Crippen LogP contribution is -2.57. The highest BCUT2D eigenvalue weighted by Crippen LogP contribution is 2.21. The van der Waals surface area contributed by atoms with Crippen LogP contribution in [0.3, 0.4) is 0 Å². The van der Waals surface area contributed by atoms with E-state index >= 15 is 0 Å². The van der Waals surface area contributed by atoms with E-state index in [2.05, 4.69) is 20.6 Å². The van der Waals surface area contributed by atoms with Crippen LogP contribution in [0.25, 0.3) is 0 Å². The van der Waals surface area contributed by atoms with Crippen molar-refractivity contribution in [2.45, 2.75) is 84.0 Å². The van der Waals surface area contributed by atoms with Crippen molar-refractivity contribution >= 4 is 23.7 Å². The van der Waals surface area contributed by atoms with Gasteiger partial charge in [-0.25, -0.2) is 9.78 Å². The van der Waals surface area contributed by atoms with Crippen molar-refractivity contribution in [3.8, 4) is 0 Å². The minimum Gasteiger partial charge on any atom is -0.480 e. The molecular formula is C23H38N6O5. The lowest BCUT2D eigenvalue weighted by atomic mass is 10.0. The standard InChI is InChI=1S/C23H38N6O5/c1-13(2)8-17(27-20(30)16(24)10-15-11-25-12-26-15)22(32)29-7-5-6-19(29)21(31)28-18(23(33)34)9-14(3)4/h11-14,16-19H,5-10,24H2,1-4H3,(H,25,26)(H,27,30)(H,28,31)(H,33,34)/t16-,17-,18-,19-/m0/s1. The van der Waals surface area contributed by atoms with Crippen molar-refractivity contribution in [2.75, 3.05) is 6.54 Å². The molecule has 6 N–H and O–H groups in total. The topological polar surface area (TPSA) is 171 Å². The smallest absolute Gasteiger partial charge is 0.326 e. The molecule has 1 saturated heterocycles. The fraction of sp³-hybridized carbons (Fsp3) is 0.696. The minimum atomic E-state index is -1.10. The number of aromatic nitrogens is 2. The fourth-order valence-electron chi connectivity index (χ4n) is 4.16. The van der Waals surface area contributed by atoms with Crippen molar-refractivity contribution in [3.05, 3.63) is 18.2 Å². The zero-order chi connectivity index (χ0) is 25.4. The number of nitrogens with two attached hydrogens (primary N) is 1. The average Bonchev–Trinajstić information content (AvgIpc) is 3.43. The molecule has 3 amide bonds. The summed E-state index contributed by atoms with van der Waals surface area (Å²) < 4.78 is 0. The van der Waals surface area contributed by atoms with Crippen LogP contribution in [0.5, 0.6) is 0 Å². The van der Waals surface area contributed by atoms with Crippen molar-refractivity contribution in [1.82, 2.24) is 25.5 Å². The van der Waals surface area contributed by atoms with Gasteiger partial charge in [0.05, 0.1) is 12.4 Å². The number of rotatable bonds is 12. The van der Waals surface area contributed by atoms with Gasteiger partial charge in [0.2, 0.25) is 17.7 Å². The first kappa shape index (κ1) is 27.3. The number of imidazole rings is 1. The van der Waals surface area contributed by atoms with Gasteiger partial charge in [-0.15, -0.1) is 0 Å². The SMILES string of the molecule is CC(C)C[C@H](NC(=O)[C@@H]1CCCN1C(=O)[C@H](CC(C)C)NC(=O)[C@@H](N)Cc1cnc[nH]1)C(=O)O. The van der Waals surface area contributed by atoms with E-state index in [4.69, 9.17) is 5.73 Å². The van der Waals surface area contributed by atoms with Crippen molar-refractivity contribution in [2.24, 2.45) is 17.6 Å². The number of hydrogen-bond donors (Lipinski definition) is 5. The van der Waals surface area contributed by atoms with Crippen LogP contribution in [0, 0.1) is 11.8 Å². The quantitative estimate of drug-likeness (QED) is 0.290. The fourth-order valence-corrected chi connectivity index (χ4v) is 4.16. The van der Waals surface area contributed by atoms with Gasteiger partial charge >= 0.3 is 5.97 Å². The van der Waals surface area contributed by atoms with Gasteiger partial charge in [-0.05, 0) is 37.5 Å². The molecule has 34 heavy (non-hydrogen) atoms. The van der Waals surface area contributed by atoms with Gasteiger partial charge in [0, 0.05) is 24.9 Å². The molecule has 4 atom stereocenters. The molecule has 1 fully saturated rings. The maximum absolute atomic E-state index is 13.4. The predicted octanol–water partition coefficient (Wildman–Crippen LogP) is 0.417. The van der Waals surface area contributed by atoms with E-state index in [1.54, 1.807) is 6.20 Å². The Labute approximate surface area is 200 Å². The van der Waals surface area contributed by atoms with Gasteiger partial charge in [0.25, 0.3) is 0 Å². The summed E-state index contributed by atoms with van der Waals surface area (Å²) in [5, 5.41) is 14.8. The van der Waals surface area contributed by atoms with Crippen LogP contribution in [-0.2, 0) is 25.6 Å². The monoisotopic (exact) mass is 478 g/mol. The molecule has 0 aromatic carbocycles. The highest BCUT2D eigenvalue weighted by atomic mass is 16.4. The lowest BCUT2D eigenvalue weighted by Gasteiger charge is -2.30. The molecule has 0 saturated carbocycles. The van der Waals surface area contributed by atoms with Gasteiger partial charge in [0.1, 0.15) is 18.1 Å². The van der Waals surface area contributed by atoms with Gasteiger partial charge in [0.15, 0.2) is 0 Å². The van der Waals surface area contributed by atoms with Gasteiger partial charge < -0.3 is 31.4 Å². The summed E-state index contributed by atoms with van der Waals surface area (Å²) in [7, 11) is 0. The molecule has 2 rings (SSSR count).